The zero-order chi connectivity index (χ0) is 9.84. The van der Waals surface area contributed by atoms with Gasteiger partial charge in [0, 0.05) is 7.11 Å². The Kier molecular flexibility index (Phi) is 3.07. The van der Waals surface area contributed by atoms with Crippen LogP contribution in [0, 0.1) is 0 Å². The van der Waals surface area contributed by atoms with Crippen molar-refractivity contribution in [3.8, 4) is 0 Å². The van der Waals surface area contributed by atoms with E-state index in [-0.39, 0.29) is 13.2 Å². The van der Waals surface area contributed by atoms with Crippen LogP contribution in [0.1, 0.15) is 0 Å². The maximum absolute atomic E-state index is 11.0. The fourth-order valence-electron chi connectivity index (χ4n) is 1.14. The van der Waals surface area contributed by atoms with Crippen molar-refractivity contribution in [2.75, 3.05) is 26.9 Å². The molecule has 1 N–H and O–H groups in total. The number of carbonyl (C=O) groups excluding carboxylic acids is 1. The number of amides is 1. The van der Waals surface area contributed by atoms with Gasteiger partial charge in [-0.15, -0.1) is 0 Å². The van der Waals surface area contributed by atoms with Crippen LogP contribution in [0.15, 0.2) is 0 Å². The molecule has 1 atom stereocenters. The third-order valence-electron chi connectivity index (χ3n) is 1.78. The van der Waals surface area contributed by atoms with Crippen LogP contribution >= 0.6 is 0 Å². The maximum Gasteiger partial charge on any atom is 0.410 e. The van der Waals surface area contributed by atoms with Crippen LogP contribution in [-0.4, -0.2) is 55.0 Å². The van der Waals surface area contributed by atoms with Gasteiger partial charge in [0.05, 0.1) is 13.2 Å². The first-order valence-corrected chi connectivity index (χ1v) is 3.82. The monoisotopic (exact) mass is 189 g/mol. The van der Waals surface area contributed by atoms with Gasteiger partial charge >= 0.3 is 12.1 Å². The predicted molar refractivity (Wildman–Crippen MR) is 41.4 cm³/mol. The topological polar surface area (TPSA) is 76.1 Å². The van der Waals surface area contributed by atoms with Crippen molar-refractivity contribution in [1.29, 1.82) is 0 Å². The van der Waals surface area contributed by atoms with E-state index in [1.165, 1.54) is 7.11 Å². The summed E-state index contributed by atoms with van der Waals surface area (Å²) in [5.74, 6) is -1.08. The molecule has 6 heteroatoms. The number of carbonyl (C=O) groups is 2. The molecule has 0 aromatic heterocycles. The third-order valence-corrected chi connectivity index (χ3v) is 1.78. The number of hydrogen-bond acceptors (Lipinski definition) is 4. The van der Waals surface area contributed by atoms with Crippen LogP contribution in [0.2, 0.25) is 0 Å². The van der Waals surface area contributed by atoms with E-state index in [2.05, 4.69) is 4.74 Å². The molecule has 0 aromatic rings. The number of carboxylic acids is 1. The average molecular weight is 189 g/mol. The van der Waals surface area contributed by atoms with Gasteiger partial charge in [0.1, 0.15) is 6.61 Å². The zero-order valence-corrected chi connectivity index (χ0v) is 7.23. The summed E-state index contributed by atoms with van der Waals surface area (Å²) in [6.45, 7) is 0.524. The van der Waals surface area contributed by atoms with Crippen molar-refractivity contribution in [3.05, 3.63) is 0 Å². The Morgan fingerprint density at radius 1 is 1.85 bits per heavy atom. The molecule has 1 heterocycles. The van der Waals surface area contributed by atoms with E-state index in [1.807, 2.05) is 0 Å². The molecule has 0 aromatic carbocycles. The molecule has 0 radical (unpaired) electrons. The lowest BCUT2D eigenvalue weighted by Crippen LogP contribution is -2.44. The van der Waals surface area contributed by atoms with Gasteiger partial charge in [-0.1, -0.05) is 0 Å². The van der Waals surface area contributed by atoms with Crippen molar-refractivity contribution >= 4 is 12.1 Å². The standard InChI is InChI=1S/C7H11NO5/c1-12-4-5(6(9)10)8-2-3-13-7(8)11/h5H,2-4H2,1H3,(H,9,10). The quantitative estimate of drug-likeness (QED) is 0.647. The van der Waals surface area contributed by atoms with Gasteiger partial charge in [-0.05, 0) is 0 Å². The van der Waals surface area contributed by atoms with Gasteiger partial charge in [0.2, 0.25) is 0 Å². The lowest BCUT2D eigenvalue weighted by atomic mass is 10.3. The fourth-order valence-corrected chi connectivity index (χ4v) is 1.14. The zero-order valence-electron chi connectivity index (χ0n) is 7.23. The predicted octanol–water partition coefficient (Wildman–Crippen LogP) is -0.462. The van der Waals surface area contributed by atoms with Crippen molar-refractivity contribution in [2.45, 2.75) is 6.04 Å². The largest absolute Gasteiger partial charge is 0.480 e. The van der Waals surface area contributed by atoms with Crippen LogP contribution in [0.4, 0.5) is 4.79 Å². The van der Waals surface area contributed by atoms with Gasteiger partial charge < -0.3 is 14.6 Å². The number of ether oxygens (including phenoxy) is 2. The minimum atomic E-state index is -1.08. The molecule has 74 valence electrons. The second kappa shape index (κ2) is 4.08. The van der Waals surface area contributed by atoms with Crippen LogP contribution < -0.4 is 0 Å². The molecule has 1 amide bonds. The molecule has 6 nitrogen and oxygen atoms in total. The normalized spacial score (nSPS) is 18.5. The first kappa shape index (κ1) is 9.79. The van der Waals surface area contributed by atoms with Gasteiger partial charge in [-0.2, -0.15) is 0 Å². The Balaban J connectivity index is 2.63. The summed E-state index contributed by atoms with van der Waals surface area (Å²) in [6.07, 6.45) is -0.593. The highest BCUT2D eigenvalue weighted by Gasteiger charge is 2.34. The van der Waals surface area contributed by atoms with E-state index in [0.717, 1.165) is 4.90 Å². The summed E-state index contributed by atoms with van der Waals surface area (Å²) < 4.78 is 9.31. The highest BCUT2D eigenvalue weighted by Crippen LogP contribution is 2.09. The second-order valence-corrected chi connectivity index (χ2v) is 2.62. The molecule has 1 saturated heterocycles. The fraction of sp³-hybridized carbons (Fsp3) is 0.714. The molecule has 1 aliphatic heterocycles. The molecular formula is C7H11NO5. The van der Waals surface area contributed by atoms with Gasteiger partial charge in [-0.3, -0.25) is 4.90 Å². The minimum Gasteiger partial charge on any atom is -0.480 e. The number of methoxy groups -OCH3 is 1. The molecule has 13 heavy (non-hydrogen) atoms. The number of nitrogens with zero attached hydrogens (tertiary/aromatic N) is 1. The Bertz CT molecular complexity index is 217. The number of rotatable bonds is 4. The second-order valence-electron chi connectivity index (χ2n) is 2.62. The van der Waals surface area contributed by atoms with E-state index in [4.69, 9.17) is 9.84 Å². The number of carboxylic acid groups (broad SMARTS) is 1. The summed E-state index contributed by atoms with van der Waals surface area (Å²) in [6, 6.07) is -0.944. The Hall–Kier alpha value is -1.30. The van der Waals surface area contributed by atoms with Crippen molar-refractivity contribution in [3.63, 3.8) is 0 Å². The van der Waals surface area contributed by atoms with Crippen LogP contribution in [0.3, 0.4) is 0 Å². The van der Waals surface area contributed by atoms with E-state index in [0.29, 0.717) is 6.54 Å². The van der Waals surface area contributed by atoms with Crippen LogP contribution in [-0.2, 0) is 14.3 Å². The van der Waals surface area contributed by atoms with Crippen molar-refractivity contribution in [2.24, 2.45) is 0 Å². The van der Waals surface area contributed by atoms with E-state index in [1.54, 1.807) is 0 Å². The molecule has 0 spiro atoms. The van der Waals surface area contributed by atoms with E-state index in [9.17, 15) is 9.59 Å². The summed E-state index contributed by atoms with van der Waals surface area (Å²) in [4.78, 5) is 22.8. The van der Waals surface area contributed by atoms with Gasteiger partial charge in [0.25, 0.3) is 0 Å². The van der Waals surface area contributed by atoms with E-state index >= 15 is 0 Å². The van der Waals surface area contributed by atoms with Gasteiger partial charge in [-0.25, -0.2) is 9.59 Å². The summed E-state index contributed by atoms with van der Waals surface area (Å²) in [5.41, 5.74) is 0. The van der Waals surface area contributed by atoms with Crippen molar-refractivity contribution < 1.29 is 24.2 Å². The van der Waals surface area contributed by atoms with Gasteiger partial charge in [0.15, 0.2) is 6.04 Å². The molecule has 1 rings (SSSR count). The molecule has 1 aliphatic rings. The summed E-state index contributed by atoms with van der Waals surface area (Å²) >= 11 is 0. The molecular weight excluding hydrogens is 178 g/mol. The van der Waals surface area contributed by atoms with Crippen LogP contribution in [0.5, 0.6) is 0 Å². The summed E-state index contributed by atoms with van der Waals surface area (Å²) in [7, 11) is 1.39. The van der Waals surface area contributed by atoms with Crippen molar-refractivity contribution in [1.82, 2.24) is 4.90 Å². The SMILES string of the molecule is COCC(C(=O)O)N1CCOC1=O. The Morgan fingerprint density at radius 2 is 2.54 bits per heavy atom. The highest BCUT2D eigenvalue weighted by atomic mass is 16.6. The first-order valence-electron chi connectivity index (χ1n) is 3.82. The highest BCUT2D eigenvalue weighted by molar-refractivity contribution is 5.80. The number of cyclic esters (lactones) is 1. The molecule has 1 fully saturated rings. The first-order chi connectivity index (χ1) is 6.16. The number of aliphatic carboxylic acids is 1. The molecule has 0 aliphatic carbocycles. The smallest absolute Gasteiger partial charge is 0.410 e. The molecule has 1 unspecified atom stereocenters. The lowest BCUT2D eigenvalue weighted by Gasteiger charge is -2.20. The Morgan fingerprint density at radius 3 is 2.92 bits per heavy atom. The minimum absolute atomic E-state index is 0.0234. The summed E-state index contributed by atoms with van der Waals surface area (Å²) in [5, 5.41) is 8.75. The third kappa shape index (κ3) is 2.09. The Labute approximate surface area is 75.0 Å². The lowest BCUT2D eigenvalue weighted by molar-refractivity contribution is -0.143. The maximum atomic E-state index is 11.0. The van der Waals surface area contributed by atoms with Crippen LogP contribution in [0.25, 0.3) is 0 Å². The number of hydrogen-bond donors (Lipinski definition) is 1. The molecule has 0 bridgehead atoms. The van der Waals surface area contributed by atoms with E-state index < -0.39 is 18.1 Å². The molecule has 0 saturated carbocycles. The average Bonchev–Trinajstić information content (AvgIpc) is 2.47.